The van der Waals surface area contributed by atoms with Crippen LogP contribution in [0.1, 0.15) is 5.76 Å². The molecule has 7 heteroatoms. The number of fused-ring (bicyclic) bond motifs is 1. The molecule has 0 bridgehead atoms. The zero-order valence-corrected chi connectivity index (χ0v) is 16.4. The first-order valence-corrected chi connectivity index (χ1v) is 9.47. The lowest BCUT2D eigenvalue weighted by Crippen LogP contribution is -2.32. The van der Waals surface area contributed by atoms with Gasteiger partial charge < -0.3 is 14.2 Å². The van der Waals surface area contributed by atoms with Gasteiger partial charge in [0.2, 0.25) is 5.91 Å². The van der Waals surface area contributed by atoms with Crippen molar-refractivity contribution in [3.8, 4) is 11.3 Å². The predicted molar refractivity (Wildman–Crippen MR) is 120 cm³/mol. The van der Waals surface area contributed by atoms with Crippen LogP contribution >= 0.6 is 12.2 Å². The minimum absolute atomic E-state index is 0.144. The van der Waals surface area contributed by atoms with E-state index in [1.807, 2.05) is 36.4 Å². The van der Waals surface area contributed by atoms with E-state index in [2.05, 4.69) is 10.6 Å². The van der Waals surface area contributed by atoms with Crippen LogP contribution in [0.5, 0.6) is 0 Å². The van der Waals surface area contributed by atoms with Gasteiger partial charge in [-0.3, -0.25) is 10.1 Å². The molecule has 2 heterocycles. The highest BCUT2D eigenvalue weighted by molar-refractivity contribution is 7.80. The average Bonchev–Trinajstić information content (AvgIpc) is 3.22. The van der Waals surface area contributed by atoms with Crippen LogP contribution in [0.4, 0.5) is 5.69 Å². The van der Waals surface area contributed by atoms with E-state index >= 15 is 0 Å². The molecule has 148 valence electrons. The largest absolute Gasteiger partial charge is 0.457 e. The summed E-state index contributed by atoms with van der Waals surface area (Å²) >= 11 is 5.18. The number of furan rings is 1. The number of anilines is 1. The van der Waals surface area contributed by atoms with Gasteiger partial charge in [0.05, 0.1) is 0 Å². The fraction of sp³-hybridized carbons (Fsp3) is 0. The number of thiocarbonyl (C=S) groups is 1. The Hall–Kier alpha value is -3.97. The molecule has 1 amide bonds. The standard InChI is InChI=1S/C23H16N2O4S/c26-21(12-9-18-8-11-19(28-18)15-4-2-1-3-5-15)25-23(30)24-17-7-10-20-16(14-17)6-13-22(27)29-20/h1-14H,(H2,24,25,26,30)/b12-9+. The molecule has 0 fully saturated rings. The Morgan fingerprint density at radius 2 is 1.77 bits per heavy atom. The molecule has 30 heavy (non-hydrogen) atoms. The minimum atomic E-state index is -0.412. The molecule has 0 aliphatic rings. The smallest absolute Gasteiger partial charge is 0.336 e. The highest BCUT2D eigenvalue weighted by atomic mass is 32.1. The molecule has 6 nitrogen and oxygen atoms in total. The molecule has 2 aromatic carbocycles. The Kier molecular flexibility index (Phi) is 5.54. The van der Waals surface area contributed by atoms with E-state index < -0.39 is 11.5 Å². The van der Waals surface area contributed by atoms with Gasteiger partial charge in [0.1, 0.15) is 17.1 Å². The van der Waals surface area contributed by atoms with Crippen LogP contribution in [0, 0.1) is 0 Å². The molecule has 0 unspecified atom stereocenters. The van der Waals surface area contributed by atoms with E-state index in [1.54, 1.807) is 36.4 Å². The van der Waals surface area contributed by atoms with Gasteiger partial charge in [0.15, 0.2) is 5.11 Å². The Labute approximate surface area is 176 Å². The van der Waals surface area contributed by atoms with Gasteiger partial charge in [0.25, 0.3) is 0 Å². The van der Waals surface area contributed by atoms with Crippen LogP contribution in [0.15, 0.2) is 92.5 Å². The zero-order chi connectivity index (χ0) is 20.9. The maximum absolute atomic E-state index is 12.1. The van der Waals surface area contributed by atoms with Gasteiger partial charge in [0, 0.05) is 28.8 Å². The first kappa shape index (κ1) is 19.4. The molecule has 0 spiro atoms. The average molecular weight is 416 g/mol. The quantitative estimate of drug-likeness (QED) is 0.288. The molecule has 2 N–H and O–H groups in total. The molecule has 0 atom stereocenters. The summed E-state index contributed by atoms with van der Waals surface area (Å²) in [6.07, 6.45) is 2.92. The van der Waals surface area contributed by atoms with Crippen LogP contribution in [0.3, 0.4) is 0 Å². The number of hydrogen-bond donors (Lipinski definition) is 2. The van der Waals surface area contributed by atoms with Crippen molar-refractivity contribution in [2.24, 2.45) is 0 Å². The highest BCUT2D eigenvalue weighted by Crippen LogP contribution is 2.22. The van der Waals surface area contributed by atoms with E-state index in [1.165, 1.54) is 12.1 Å². The van der Waals surface area contributed by atoms with Crippen LogP contribution in [0.25, 0.3) is 28.4 Å². The summed E-state index contributed by atoms with van der Waals surface area (Å²) in [6.45, 7) is 0. The Morgan fingerprint density at radius 3 is 2.60 bits per heavy atom. The monoisotopic (exact) mass is 416 g/mol. The molecule has 0 radical (unpaired) electrons. The third-order valence-electron chi connectivity index (χ3n) is 4.20. The molecule has 0 saturated carbocycles. The Bertz CT molecular complexity index is 1310. The molecule has 4 rings (SSSR count). The number of rotatable bonds is 4. The van der Waals surface area contributed by atoms with E-state index in [0.717, 1.165) is 16.7 Å². The van der Waals surface area contributed by atoms with Crippen molar-refractivity contribution in [2.75, 3.05) is 5.32 Å². The summed E-state index contributed by atoms with van der Waals surface area (Å²) in [5, 5.41) is 6.38. The van der Waals surface area contributed by atoms with Crippen LogP contribution in [-0.4, -0.2) is 11.0 Å². The van der Waals surface area contributed by atoms with Gasteiger partial charge in [-0.05, 0) is 54.7 Å². The van der Waals surface area contributed by atoms with Crippen molar-refractivity contribution >= 4 is 46.0 Å². The lowest BCUT2D eigenvalue weighted by atomic mass is 10.2. The predicted octanol–water partition coefficient (Wildman–Crippen LogP) is 4.58. The molecular weight excluding hydrogens is 400 g/mol. The highest BCUT2D eigenvalue weighted by Gasteiger charge is 2.05. The van der Waals surface area contributed by atoms with Crippen LogP contribution in [-0.2, 0) is 4.79 Å². The second-order valence-electron chi connectivity index (χ2n) is 6.35. The first-order chi connectivity index (χ1) is 14.6. The summed E-state index contributed by atoms with van der Waals surface area (Å²) in [5.41, 5.74) is 1.68. The van der Waals surface area contributed by atoms with Crippen molar-refractivity contribution in [1.29, 1.82) is 0 Å². The van der Waals surface area contributed by atoms with Crippen molar-refractivity contribution < 1.29 is 13.6 Å². The number of carbonyl (C=O) groups is 1. The fourth-order valence-electron chi connectivity index (χ4n) is 2.82. The fourth-order valence-corrected chi connectivity index (χ4v) is 3.04. The lowest BCUT2D eigenvalue weighted by molar-refractivity contribution is -0.115. The van der Waals surface area contributed by atoms with Crippen LogP contribution < -0.4 is 16.3 Å². The van der Waals surface area contributed by atoms with Crippen LogP contribution in [0.2, 0.25) is 0 Å². The second kappa shape index (κ2) is 8.59. The SMILES string of the molecule is O=C(/C=C/c1ccc(-c2ccccc2)o1)NC(=S)Nc1ccc2oc(=O)ccc2c1. The van der Waals surface area contributed by atoms with Gasteiger partial charge in [-0.25, -0.2) is 4.79 Å². The van der Waals surface area contributed by atoms with E-state index in [4.69, 9.17) is 21.1 Å². The molecular formula is C23H16N2O4S. The summed E-state index contributed by atoms with van der Waals surface area (Å²) in [4.78, 5) is 23.4. The normalized spacial score (nSPS) is 10.9. The number of benzene rings is 2. The number of nitrogens with one attached hydrogen (secondary N) is 2. The Morgan fingerprint density at radius 1 is 0.933 bits per heavy atom. The lowest BCUT2D eigenvalue weighted by Gasteiger charge is -2.08. The molecule has 2 aromatic heterocycles. The molecule has 0 aliphatic heterocycles. The van der Waals surface area contributed by atoms with Gasteiger partial charge >= 0.3 is 5.63 Å². The van der Waals surface area contributed by atoms with Gasteiger partial charge in [-0.1, -0.05) is 30.3 Å². The number of amides is 1. The summed E-state index contributed by atoms with van der Waals surface area (Å²) in [7, 11) is 0. The van der Waals surface area contributed by atoms with Gasteiger partial charge in [-0.2, -0.15) is 0 Å². The maximum atomic E-state index is 12.1. The molecule has 0 aliphatic carbocycles. The summed E-state index contributed by atoms with van der Waals surface area (Å²) < 4.78 is 10.8. The third kappa shape index (κ3) is 4.71. The number of hydrogen-bond acceptors (Lipinski definition) is 5. The Balaban J connectivity index is 1.36. The minimum Gasteiger partial charge on any atom is -0.457 e. The van der Waals surface area contributed by atoms with Crippen molar-refractivity contribution in [1.82, 2.24) is 5.32 Å². The first-order valence-electron chi connectivity index (χ1n) is 9.06. The van der Waals surface area contributed by atoms with E-state index in [0.29, 0.717) is 17.0 Å². The summed E-state index contributed by atoms with van der Waals surface area (Å²) in [6, 6.07) is 21.5. The van der Waals surface area contributed by atoms with Crippen molar-refractivity contribution in [2.45, 2.75) is 0 Å². The second-order valence-corrected chi connectivity index (χ2v) is 6.76. The topological polar surface area (TPSA) is 84.5 Å². The van der Waals surface area contributed by atoms with E-state index in [9.17, 15) is 9.59 Å². The van der Waals surface area contributed by atoms with Crippen molar-refractivity contribution in [3.05, 3.63) is 95.1 Å². The number of carbonyl (C=O) groups excluding carboxylic acids is 1. The molecule has 4 aromatic rings. The third-order valence-corrected chi connectivity index (χ3v) is 4.40. The van der Waals surface area contributed by atoms with E-state index in [-0.39, 0.29) is 5.11 Å². The van der Waals surface area contributed by atoms with Gasteiger partial charge in [-0.15, -0.1) is 0 Å². The molecule has 0 saturated heterocycles. The van der Waals surface area contributed by atoms with Crippen molar-refractivity contribution in [3.63, 3.8) is 0 Å². The zero-order valence-electron chi connectivity index (χ0n) is 15.6. The summed E-state index contributed by atoms with van der Waals surface area (Å²) in [5.74, 6) is 0.885. The maximum Gasteiger partial charge on any atom is 0.336 e.